The third kappa shape index (κ3) is 3.44. The molecule has 3 heterocycles. The van der Waals surface area contributed by atoms with Crippen LogP contribution in [0.15, 0.2) is 55.0 Å². The van der Waals surface area contributed by atoms with E-state index in [0.29, 0.717) is 22.7 Å². The number of hydrogen-bond donors (Lipinski definition) is 2. The number of carbonyl (C=O) groups excluding carboxylic acids is 1. The van der Waals surface area contributed by atoms with Gasteiger partial charge in [-0.2, -0.15) is 0 Å². The van der Waals surface area contributed by atoms with Gasteiger partial charge in [0.2, 0.25) is 0 Å². The Morgan fingerprint density at radius 2 is 1.96 bits per heavy atom. The molecule has 0 fully saturated rings. The van der Waals surface area contributed by atoms with Gasteiger partial charge in [0, 0.05) is 29.8 Å². The average Bonchev–Trinajstić information content (AvgIpc) is 3.27. The number of amides is 1. The molecule has 7 heteroatoms. The van der Waals surface area contributed by atoms with Crippen LogP contribution in [0.5, 0.6) is 0 Å². The van der Waals surface area contributed by atoms with Crippen molar-refractivity contribution in [3.8, 4) is 11.3 Å². The number of rotatable bonds is 4. The standard InChI is InChI=1S/C20H18FN5O/c1-12-9-22-19(23-12)13(2)24-20(27)15-5-8-18-25-17(11-26(18)10-15)14-3-6-16(21)7-4-14/h3-11,13H,1-2H3,(H,22,23)(H,24,27). The molecular weight excluding hydrogens is 345 g/mol. The highest BCUT2D eigenvalue weighted by atomic mass is 19.1. The molecule has 3 aromatic heterocycles. The van der Waals surface area contributed by atoms with Crippen molar-refractivity contribution in [2.24, 2.45) is 0 Å². The van der Waals surface area contributed by atoms with Crippen LogP contribution in [-0.2, 0) is 0 Å². The second-order valence-electron chi connectivity index (χ2n) is 6.46. The SMILES string of the molecule is Cc1cnc(C(C)NC(=O)c2ccc3nc(-c4ccc(F)cc4)cn3c2)[nH]1. The quantitative estimate of drug-likeness (QED) is 0.581. The first-order valence-electron chi connectivity index (χ1n) is 8.56. The molecule has 4 rings (SSSR count). The molecule has 27 heavy (non-hydrogen) atoms. The van der Waals surface area contributed by atoms with E-state index < -0.39 is 0 Å². The Bertz CT molecular complexity index is 1110. The molecule has 4 aromatic rings. The monoisotopic (exact) mass is 363 g/mol. The second kappa shape index (κ2) is 6.68. The molecule has 1 amide bonds. The summed E-state index contributed by atoms with van der Waals surface area (Å²) in [6.45, 7) is 3.79. The van der Waals surface area contributed by atoms with E-state index in [1.165, 1.54) is 12.1 Å². The molecule has 0 spiro atoms. The number of imidazole rings is 2. The molecule has 136 valence electrons. The Morgan fingerprint density at radius 3 is 2.67 bits per heavy atom. The number of fused-ring (bicyclic) bond motifs is 1. The topological polar surface area (TPSA) is 75.1 Å². The van der Waals surface area contributed by atoms with Gasteiger partial charge in [-0.3, -0.25) is 4.79 Å². The van der Waals surface area contributed by atoms with E-state index >= 15 is 0 Å². The maximum atomic E-state index is 13.1. The van der Waals surface area contributed by atoms with Gasteiger partial charge in [0.25, 0.3) is 5.91 Å². The Balaban J connectivity index is 1.57. The summed E-state index contributed by atoms with van der Waals surface area (Å²) >= 11 is 0. The minimum atomic E-state index is -0.289. The van der Waals surface area contributed by atoms with Gasteiger partial charge < -0.3 is 14.7 Å². The summed E-state index contributed by atoms with van der Waals surface area (Å²) in [5.41, 5.74) is 3.69. The molecule has 0 bridgehead atoms. The maximum absolute atomic E-state index is 13.1. The average molecular weight is 363 g/mol. The van der Waals surface area contributed by atoms with Gasteiger partial charge in [0.15, 0.2) is 0 Å². The van der Waals surface area contributed by atoms with Gasteiger partial charge >= 0.3 is 0 Å². The highest BCUT2D eigenvalue weighted by molar-refractivity contribution is 5.94. The lowest BCUT2D eigenvalue weighted by molar-refractivity contribution is 0.0938. The van der Waals surface area contributed by atoms with Crippen molar-refractivity contribution in [1.29, 1.82) is 0 Å². The normalized spacial score (nSPS) is 12.3. The predicted octanol–water partition coefficient (Wildman–Crippen LogP) is 3.66. The van der Waals surface area contributed by atoms with E-state index in [0.717, 1.165) is 11.3 Å². The highest BCUT2D eigenvalue weighted by Crippen LogP contribution is 2.20. The summed E-state index contributed by atoms with van der Waals surface area (Å²) in [5, 5.41) is 2.93. The van der Waals surface area contributed by atoms with Crippen LogP contribution in [0.25, 0.3) is 16.9 Å². The van der Waals surface area contributed by atoms with Gasteiger partial charge in [0.05, 0.1) is 17.3 Å². The second-order valence-corrected chi connectivity index (χ2v) is 6.46. The smallest absolute Gasteiger partial charge is 0.253 e. The lowest BCUT2D eigenvalue weighted by Crippen LogP contribution is -2.27. The van der Waals surface area contributed by atoms with E-state index in [9.17, 15) is 9.18 Å². The van der Waals surface area contributed by atoms with Crippen LogP contribution < -0.4 is 5.32 Å². The number of hydrogen-bond acceptors (Lipinski definition) is 3. The Kier molecular flexibility index (Phi) is 4.19. The third-order valence-electron chi connectivity index (χ3n) is 4.33. The predicted molar refractivity (Wildman–Crippen MR) is 99.8 cm³/mol. The van der Waals surface area contributed by atoms with Crippen molar-refractivity contribution < 1.29 is 9.18 Å². The first-order chi connectivity index (χ1) is 13.0. The van der Waals surface area contributed by atoms with Gasteiger partial charge in [0.1, 0.15) is 17.3 Å². The fraction of sp³-hybridized carbons (Fsp3) is 0.150. The zero-order chi connectivity index (χ0) is 19.0. The minimum absolute atomic E-state index is 0.199. The molecule has 0 saturated carbocycles. The van der Waals surface area contributed by atoms with Crippen molar-refractivity contribution in [3.05, 3.63) is 77.9 Å². The lowest BCUT2D eigenvalue weighted by atomic mass is 10.2. The van der Waals surface area contributed by atoms with Crippen LogP contribution in [0.2, 0.25) is 0 Å². The summed E-state index contributed by atoms with van der Waals surface area (Å²) in [7, 11) is 0. The van der Waals surface area contributed by atoms with E-state index in [-0.39, 0.29) is 17.8 Å². The first kappa shape index (κ1) is 17.0. The summed E-state index contributed by atoms with van der Waals surface area (Å²) in [6.07, 6.45) is 5.27. The van der Waals surface area contributed by atoms with Crippen LogP contribution in [-0.4, -0.2) is 25.3 Å². The van der Waals surface area contributed by atoms with Crippen LogP contribution in [0.4, 0.5) is 4.39 Å². The zero-order valence-corrected chi connectivity index (χ0v) is 14.9. The molecular formula is C20H18FN5O. The number of pyridine rings is 1. The molecule has 1 unspecified atom stereocenters. The van der Waals surface area contributed by atoms with Crippen molar-refractivity contribution in [2.75, 3.05) is 0 Å². The lowest BCUT2D eigenvalue weighted by Gasteiger charge is -2.11. The first-order valence-corrected chi connectivity index (χ1v) is 8.56. The number of halogens is 1. The molecule has 2 N–H and O–H groups in total. The molecule has 0 aliphatic rings. The number of aromatic nitrogens is 4. The minimum Gasteiger partial charge on any atom is -0.344 e. The van der Waals surface area contributed by atoms with E-state index in [1.807, 2.05) is 20.0 Å². The number of nitrogens with one attached hydrogen (secondary N) is 2. The van der Waals surface area contributed by atoms with Gasteiger partial charge in [-0.05, 0) is 50.2 Å². The summed E-state index contributed by atoms with van der Waals surface area (Å²) in [6, 6.07) is 9.43. The molecule has 0 saturated heterocycles. The van der Waals surface area contributed by atoms with Crippen LogP contribution in [0, 0.1) is 12.7 Å². The van der Waals surface area contributed by atoms with Crippen LogP contribution in [0.3, 0.4) is 0 Å². The van der Waals surface area contributed by atoms with E-state index in [2.05, 4.69) is 20.3 Å². The molecule has 1 atom stereocenters. The van der Waals surface area contributed by atoms with Gasteiger partial charge in [-0.1, -0.05) is 0 Å². The summed E-state index contributed by atoms with van der Waals surface area (Å²) in [4.78, 5) is 24.4. The van der Waals surface area contributed by atoms with Crippen molar-refractivity contribution in [1.82, 2.24) is 24.7 Å². The Hall–Kier alpha value is -3.48. The van der Waals surface area contributed by atoms with E-state index in [4.69, 9.17) is 0 Å². The van der Waals surface area contributed by atoms with Gasteiger partial charge in [-0.15, -0.1) is 0 Å². The molecule has 6 nitrogen and oxygen atoms in total. The summed E-state index contributed by atoms with van der Waals surface area (Å²) < 4.78 is 14.9. The number of carbonyl (C=O) groups is 1. The molecule has 0 aliphatic carbocycles. The Morgan fingerprint density at radius 1 is 1.19 bits per heavy atom. The van der Waals surface area contributed by atoms with E-state index in [1.54, 1.807) is 41.1 Å². The zero-order valence-electron chi connectivity index (χ0n) is 14.9. The van der Waals surface area contributed by atoms with Crippen LogP contribution in [0.1, 0.15) is 34.8 Å². The fourth-order valence-electron chi connectivity index (χ4n) is 2.89. The van der Waals surface area contributed by atoms with Crippen molar-refractivity contribution >= 4 is 11.6 Å². The van der Waals surface area contributed by atoms with Crippen LogP contribution >= 0.6 is 0 Å². The maximum Gasteiger partial charge on any atom is 0.253 e. The number of H-pyrrole nitrogens is 1. The molecule has 1 aromatic carbocycles. The number of aromatic amines is 1. The molecule has 0 aliphatic heterocycles. The number of benzene rings is 1. The number of aryl methyl sites for hydroxylation is 1. The molecule has 0 radical (unpaired) electrons. The third-order valence-corrected chi connectivity index (χ3v) is 4.33. The Labute approximate surface area is 155 Å². The fourth-order valence-corrected chi connectivity index (χ4v) is 2.89. The van der Waals surface area contributed by atoms with Crippen molar-refractivity contribution in [2.45, 2.75) is 19.9 Å². The summed E-state index contributed by atoms with van der Waals surface area (Å²) in [5.74, 6) is 0.223. The highest BCUT2D eigenvalue weighted by Gasteiger charge is 2.15. The van der Waals surface area contributed by atoms with Gasteiger partial charge in [-0.25, -0.2) is 14.4 Å². The van der Waals surface area contributed by atoms with Crippen molar-refractivity contribution in [3.63, 3.8) is 0 Å². The number of nitrogens with zero attached hydrogens (tertiary/aromatic N) is 3. The largest absolute Gasteiger partial charge is 0.344 e.